The van der Waals surface area contributed by atoms with Gasteiger partial charge in [-0.1, -0.05) is 72.3 Å². The maximum Gasteiger partial charge on any atom is 0.342 e. The molecular weight excluding hydrogens is 354 g/mol. The molecule has 0 aliphatic carbocycles. The molecule has 0 saturated carbocycles. The molecular formula is C23H21NO4. The van der Waals surface area contributed by atoms with E-state index in [0.29, 0.717) is 0 Å². The lowest BCUT2D eigenvalue weighted by atomic mass is 9.99. The maximum atomic E-state index is 12.4. The fourth-order valence-corrected chi connectivity index (χ4v) is 2.87. The summed E-state index contributed by atoms with van der Waals surface area (Å²) in [5.41, 5.74) is 2.69. The molecule has 28 heavy (non-hydrogen) atoms. The number of ether oxygens (including phenoxy) is 1. The molecule has 0 heterocycles. The number of phenolic OH excluding ortho intramolecular Hbond substituents is 1. The second kappa shape index (κ2) is 8.86. The molecule has 0 atom stereocenters. The van der Waals surface area contributed by atoms with Crippen molar-refractivity contribution in [3.63, 3.8) is 0 Å². The topological polar surface area (TPSA) is 75.6 Å². The minimum atomic E-state index is -0.743. The number of amides is 1. The predicted octanol–water partition coefficient (Wildman–Crippen LogP) is 3.76. The van der Waals surface area contributed by atoms with Crippen molar-refractivity contribution in [3.05, 3.63) is 101 Å². The molecule has 0 radical (unpaired) electrons. The second-order valence-electron chi connectivity index (χ2n) is 6.42. The Morgan fingerprint density at radius 2 is 1.50 bits per heavy atom. The molecule has 0 spiro atoms. The Hall–Kier alpha value is -3.60. The zero-order valence-corrected chi connectivity index (χ0v) is 15.5. The summed E-state index contributed by atoms with van der Waals surface area (Å²) in [6, 6.07) is 23.4. The van der Waals surface area contributed by atoms with E-state index in [1.807, 2.05) is 60.7 Å². The number of benzene rings is 3. The minimum absolute atomic E-state index is 0.0375. The first-order valence-corrected chi connectivity index (χ1v) is 8.90. The van der Waals surface area contributed by atoms with Crippen molar-refractivity contribution in [3.8, 4) is 5.75 Å². The van der Waals surface area contributed by atoms with Crippen LogP contribution >= 0.6 is 0 Å². The van der Waals surface area contributed by atoms with Crippen LogP contribution in [0.4, 0.5) is 0 Å². The molecule has 3 aromatic rings. The van der Waals surface area contributed by atoms with Crippen molar-refractivity contribution < 1.29 is 19.4 Å². The van der Waals surface area contributed by atoms with Gasteiger partial charge in [0.25, 0.3) is 5.91 Å². The van der Waals surface area contributed by atoms with E-state index in [9.17, 15) is 14.7 Å². The molecule has 0 aromatic heterocycles. The summed E-state index contributed by atoms with van der Waals surface area (Å²) >= 11 is 0. The number of hydrogen-bond acceptors (Lipinski definition) is 4. The Kier molecular flexibility index (Phi) is 6.07. The van der Waals surface area contributed by atoms with Gasteiger partial charge in [-0.25, -0.2) is 4.79 Å². The van der Waals surface area contributed by atoms with Crippen LogP contribution in [0.25, 0.3) is 0 Å². The third-order valence-corrected chi connectivity index (χ3v) is 4.28. The van der Waals surface area contributed by atoms with E-state index < -0.39 is 18.5 Å². The van der Waals surface area contributed by atoms with Gasteiger partial charge in [0, 0.05) is 0 Å². The van der Waals surface area contributed by atoms with Gasteiger partial charge in [0.15, 0.2) is 6.61 Å². The first kappa shape index (κ1) is 19.2. The first-order chi connectivity index (χ1) is 13.5. The van der Waals surface area contributed by atoms with E-state index >= 15 is 0 Å². The first-order valence-electron chi connectivity index (χ1n) is 8.90. The Labute approximate surface area is 163 Å². The van der Waals surface area contributed by atoms with Crippen LogP contribution in [0.2, 0.25) is 0 Å². The van der Waals surface area contributed by atoms with Crippen LogP contribution in [0.5, 0.6) is 5.75 Å². The Bertz CT molecular complexity index is 915. The molecule has 142 valence electrons. The SMILES string of the molecule is Cc1ccc(O)c(C(=O)OCC(=O)NC(c2ccccc2)c2ccccc2)c1. The van der Waals surface area contributed by atoms with Crippen LogP contribution < -0.4 is 5.32 Å². The lowest BCUT2D eigenvalue weighted by molar-refractivity contribution is -0.124. The van der Waals surface area contributed by atoms with Crippen molar-refractivity contribution in [2.24, 2.45) is 0 Å². The van der Waals surface area contributed by atoms with Gasteiger partial charge in [0.05, 0.1) is 6.04 Å². The molecule has 1 amide bonds. The largest absolute Gasteiger partial charge is 0.507 e. The minimum Gasteiger partial charge on any atom is -0.507 e. The Morgan fingerprint density at radius 1 is 0.929 bits per heavy atom. The van der Waals surface area contributed by atoms with Crippen LogP contribution in [0.3, 0.4) is 0 Å². The normalized spacial score (nSPS) is 10.5. The number of rotatable bonds is 6. The van der Waals surface area contributed by atoms with Crippen molar-refractivity contribution in [1.82, 2.24) is 5.32 Å². The van der Waals surface area contributed by atoms with Crippen LogP contribution in [0.1, 0.15) is 33.1 Å². The lowest BCUT2D eigenvalue weighted by Gasteiger charge is -2.20. The van der Waals surface area contributed by atoms with Crippen LogP contribution in [0.15, 0.2) is 78.9 Å². The Balaban J connectivity index is 1.69. The average molecular weight is 375 g/mol. The van der Waals surface area contributed by atoms with Gasteiger partial charge in [0.1, 0.15) is 11.3 Å². The molecule has 2 N–H and O–H groups in total. The van der Waals surface area contributed by atoms with Crippen LogP contribution in [-0.2, 0) is 9.53 Å². The smallest absolute Gasteiger partial charge is 0.342 e. The van der Waals surface area contributed by atoms with Gasteiger partial charge in [-0.2, -0.15) is 0 Å². The monoisotopic (exact) mass is 375 g/mol. The average Bonchev–Trinajstić information content (AvgIpc) is 2.73. The van der Waals surface area contributed by atoms with E-state index in [4.69, 9.17) is 4.74 Å². The quantitative estimate of drug-likeness (QED) is 0.643. The summed E-state index contributed by atoms with van der Waals surface area (Å²) in [5.74, 6) is -1.35. The molecule has 5 heteroatoms. The van der Waals surface area contributed by atoms with Gasteiger partial charge in [0.2, 0.25) is 0 Å². The maximum absolute atomic E-state index is 12.4. The molecule has 0 aliphatic rings. The summed E-state index contributed by atoms with van der Waals surface area (Å²) < 4.78 is 5.09. The predicted molar refractivity (Wildman–Crippen MR) is 106 cm³/mol. The van der Waals surface area contributed by atoms with Crippen molar-refractivity contribution in [1.29, 1.82) is 0 Å². The molecule has 0 unspecified atom stereocenters. The van der Waals surface area contributed by atoms with E-state index in [1.54, 1.807) is 13.0 Å². The van der Waals surface area contributed by atoms with Crippen LogP contribution in [0, 0.1) is 6.92 Å². The summed E-state index contributed by atoms with van der Waals surface area (Å²) in [5, 5.41) is 12.7. The lowest BCUT2D eigenvalue weighted by Crippen LogP contribution is -2.33. The molecule has 3 rings (SSSR count). The zero-order chi connectivity index (χ0) is 19.9. The number of aryl methyl sites for hydroxylation is 1. The molecule has 5 nitrogen and oxygen atoms in total. The van der Waals surface area contributed by atoms with Gasteiger partial charge in [-0.05, 0) is 30.2 Å². The number of hydrogen-bond donors (Lipinski definition) is 2. The highest BCUT2D eigenvalue weighted by Gasteiger charge is 2.19. The molecule has 0 aliphatic heterocycles. The van der Waals surface area contributed by atoms with Crippen molar-refractivity contribution in [2.45, 2.75) is 13.0 Å². The van der Waals surface area contributed by atoms with Gasteiger partial charge >= 0.3 is 5.97 Å². The highest BCUT2D eigenvalue weighted by Crippen LogP contribution is 2.22. The Morgan fingerprint density at radius 3 is 2.07 bits per heavy atom. The van der Waals surface area contributed by atoms with Gasteiger partial charge < -0.3 is 15.2 Å². The second-order valence-corrected chi connectivity index (χ2v) is 6.42. The third-order valence-electron chi connectivity index (χ3n) is 4.28. The highest BCUT2D eigenvalue weighted by molar-refractivity contribution is 5.94. The van der Waals surface area contributed by atoms with Crippen molar-refractivity contribution in [2.75, 3.05) is 6.61 Å². The van der Waals surface area contributed by atoms with Gasteiger partial charge in [-0.15, -0.1) is 0 Å². The molecule has 0 saturated heterocycles. The fourth-order valence-electron chi connectivity index (χ4n) is 2.87. The summed E-state index contributed by atoms with van der Waals surface area (Å²) in [7, 11) is 0. The third kappa shape index (κ3) is 4.76. The number of carbonyl (C=O) groups is 2. The summed E-state index contributed by atoms with van der Waals surface area (Å²) in [6.45, 7) is 1.36. The van der Waals surface area contributed by atoms with E-state index in [1.165, 1.54) is 12.1 Å². The standard InChI is InChI=1S/C23H21NO4/c1-16-12-13-20(25)19(14-16)23(27)28-15-21(26)24-22(17-8-4-2-5-9-17)18-10-6-3-7-11-18/h2-14,22,25H,15H2,1H3,(H,24,26). The molecule has 3 aromatic carbocycles. The number of carbonyl (C=O) groups excluding carboxylic acids is 2. The number of nitrogens with one attached hydrogen (secondary N) is 1. The fraction of sp³-hybridized carbons (Fsp3) is 0.130. The van der Waals surface area contributed by atoms with E-state index in [-0.39, 0.29) is 17.4 Å². The number of phenols is 1. The summed E-state index contributed by atoms with van der Waals surface area (Å²) in [6.07, 6.45) is 0. The molecule has 0 bridgehead atoms. The number of aromatic hydroxyl groups is 1. The van der Waals surface area contributed by atoms with E-state index in [2.05, 4.69) is 5.32 Å². The van der Waals surface area contributed by atoms with Crippen molar-refractivity contribution >= 4 is 11.9 Å². The molecule has 0 fully saturated rings. The van der Waals surface area contributed by atoms with Gasteiger partial charge in [-0.3, -0.25) is 4.79 Å². The van der Waals surface area contributed by atoms with E-state index in [0.717, 1.165) is 16.7 Å². The number of esters is 1. The highest BCUT2D eigenvalue weighted by atomic mass is 16.5. The summed E-state index contributed by atoms with van der Waals surface area (Å²) in [4.78, 5) is 24.6. The van der Waals surface area contributed by atoms with Crippen LogP contribution in [-0.4, -0.2) is 23.6 Å². The zero-order valence-electron chi connectivity index (χ0n) is 15.5.